The molecule has 0 spiro atoms. The highest BCUT2D eigenvalue weighted by Gasteiger charge is 2.51. The monoisotopic (exact) mass is 419 g/mol. The van der Waals surface area contributed by atoms with Crippen molar-refractivity contribution in [3.8, 4) is 0 Å². The molecule has 3 heterocycles. The molecule has 152 valence electrons. The van der Waals surface area contributed by atoms with Gasteiger partial charge in [-0.25, -0.2) is 15.0 Å². The number of benzene rings is 1. The summed E-state index contributed by atoms with van der Waals surface area (Å²) in [6, 6.07) is 6.23. The fourth-order valence-electron chi connectivity index (χ4n) is 3.20. The molecule has 1 aliphatic rings. The van der Waals surface area contributed by atoms with Crippen LogP contribution in [0.25, 0.3) is 11.2 Å². The van der Waals surface area contributed by atoms with Crippen LogP contribution in [-0.4, -0.2) is 65.2 Å². The number of non-ortho nitro benzene ring substituents is 1. The van der Waals surface area contributed by atoms with E-state index in [4.69, 9.17) is 4.74 Å². The summed E-state index contributed by atoms with van der Waals surface area (Å²) in [5.41, 5.74) is 0.102. The maximum atomic E-state index is 10.8. The highest BCUT2D eigenvalue weighted by molar-refractivity contribution is 7.98. The molecule has 0 aliphatic carbocycles. The molecule has 0 saturated carbocycles. The van der Waals surface area contributed by atoms with Crippen LogP contribution >= 0.6 is 11.8 Å². The van der Waals surface area contributed by atoms with E-state index < -0.39 is 29.5 Å². The minimum Gasteiger partial charge on any atom is -0.391 e. The lowest BCUT2D eigenvalue weighted by molar-refractivity contribution is -0.384. The molecule has 1 aromatic carbocycles. The summed E-state index contributed by atoms with van der Waals surface area (Å²) < 4.78 is 6.92. The molecule has 4 rings (SSSR count). The number of nitrogens with zero attached hydrogens (tertiary/aromatic N) is 5. The topological polar surface area (TPSA) is 157 Å². The molecule has 1 saturated heterocycles. The lowest BCUT2D eigenvalue weighted by Crippen LogP contribution is -2.48. The third-order valence-electron chi connectivity index (χ3n) is 4.79. The van der Waals surface area contributed by atoms with Crippen molar-refractivity contribution in [2.75, 3.05) is 13.2 Å². The summed E-state index contributed by atoms with van der Waals surface area (Å²) in [4.78, 5) is 23.1. The Labute approximate surface area is 168 Å². The number of fused-ring (bicyclic) bond motifs is 1. The van der Waals surface area contributed by atoms with Crippen molar-refractivity contribution < 1.29 is 25.0 Å². The summed E-state index contributed by atoms with van der Waals surface area (Å²) in [6.45, 7) is -0.708. The SMILES string of the molecule is O=[N+]([O-])c1ccc(CSc2ncnc3c2ncn3[C@@]2(CO)OC[C@H](O)[C@@H]2O)cc1. The molecule has 1 fully saturated rings. The number of imidazole rings is 1. The maximum absolute atomic E-state index is 10.8. The van der Waals surface area contributed by atoms with E-state index >= 15 is 0 Å². The van der Waals surface area contributed by atoms with Crippen molar-refractivity contribution >= 4 is 28.6 Å². The Kier molecular flexibility index (Phi) is 5.19. The van der Waals surface area contributed by atoms with Crippen LogP contribution in [-0.2, 0) is 16.2 Å². The van der Waals surface area contributed by atoms with E-state index in [-0.39, 0.29) is 12.3 Å². The van der Waals surface area contributed by atoms with Crippen molar-refractivity contribution in [3.05, 3.63) is 52.6 Å². The van der Waals surface area contributed by atoms with Crippen LogP contribution in [0.5, 0.6) is 0 Å². The Morgan fingerprint density at radius 1 is 1.28 bits per heavy atom. The van der Waals surface area contributed by atoms with Crippen molar-refractivity contribution in [2.45, 2.75) is 28.7 Å². The van der Waals surface area contributed by atoms with Crippen molar-refractivity contribution in [1.82, 2.24) is 19.5 Å². The molecule has 12 heteroatoms. The predicted molar refractivity (Wildman–Crippen MR) is 101 cm³/mol. The molecule has 3 atom stereocenters. The number of hydrogen-bond donors (Lipinski definition) is 3. The molecular weight excluding hydrogens is 402 g/mol. The van der Waals surface area contributed by atoms with Crippen LogP contribution in [0.2, 0.25) is 0 Å². The van der Waals surface area contributed by atoms with Gasteiger partial charge in [0.15, 0.2) is 11.4 Å². The van der Waals surface area contributed by atoms with Gasteiger partial charge < -0.3 is 20.1 Å². The lowest BCUT2D eigenvalue weighted by atomic mass is 10.1. The number of nitro groups is 1. The highest BCUT2D eigenvalue weighted by atomic mass is 32.2. The number of aliphatic hydroxyl groups excluding tert-OH is 3. The van der Waals surface area contributed by atoms with Gasteiger partial charge in [0.05, 0.1) is 24.5 Å². The van der Waals surface area contributed by atoms with Gasteiger partial charge in [0.1, 0.15) is 29.1 Å². The van der Waals surface area contributed by atoms with E-state index in [9.17, 15) is 25.4 Å². The van der Waals surface area contributed by atoms with Gasteiger partial charge in [-0.3, -0.25) is 14.7 Å². The second-order valence-corrected chi connectivity index (χ2v) is 7.47. The standard InChI is InChI=1S/C17H17N5O6S/c23-7-17(14(25)12(24)5-28-17)21-9-20-13-15(21)18-8-19-16(13)29-6-10-1-3-11(4-2-10)22(26)27/h1-4,8-9,12,14,23-25H,5-7H2/t12-,14-,17-/m0/s1. The van der Waals surface area contributed by atoms with E-state index in [1.54, 1.807) is 12.1 Å². The largest absolute Gasteiger partial charge is 0.391 e. The first-order valence-electron chi connectivity index (χ1n) is 8.62. The summed E-state index contributed by atoms with van der Waals surface area (Å²) >= 11 is 1.37. The molecule has 0 bridgehead atoms. The van der Waals surface area contributed by atoms with Gasteiger partial charge in [-0.05, 0) is 5.56 Å². The maximum Gasteiger partial charge on any atom is 0.269 e. The summed E-state index contributed by atoms with van der Waals surface area (Å²) in [5.74, 6) is 0.500. The van der Waals surface area contributed by atoms with Gasteiger partial charge in [-0.1, -0.05) is 23.9 Å². The molecule has 3 aromatic rings. The number of thioether (sulfide) groups is 1. The minimum absolute atomic E-state index is 0.0218. The third-order valence-corrected chi connectivity index (χ3v) is 5.84. The molecule has 0 amide bonds. The normalized spacial score (nSPS) is 24.2. The number of ether oxygens (including phenoxy) is 1. The number of rotatable bonds is 6. The average Bonchev–Trinajstić information content (AvgIpc) is 3.29. The molecular formula is C17H17N5O6S. The molecule has 0 radical (unpaired) electrons. The molecule has 2 aromatic heterocycles. The Balaban J connectivity index is 1.62. The van der Waals surface area contributed by atoms with E-state index in [0.29, 0.717) is 21.9 Å². The third kappa shape index (κ3) is 3.34. The van der Waals surface area contributed by atoms with Crippen LogP contribution in [0.15, 0.2) is 41.9 Å². The van der Waals surface area contributed by atoms with Crippen molar-refractivity contribution in [3.63, 3.8) is 0 Å². The van der Waals surface area contributed by atoms with Crippen molar-refractivity contribution in [2.24, 2.45) is 0 Å². The lowest BCUT2D eigenvalue weighted by Gasteiger charge is -2.31. The van der Waals surface area contributed by atoms with Crippen LogP contribution in [0.1, 0.15) is 5.56 Å². The van der Waals surface area contributed by atoms with E-state index in [2.05, 4.69) is 15.0 Å². The quantitative estimate of drug-likeness (QED) is 0.221. The zero-order valence-electron chi connectivity index (χ0n) is 15.0. The van der Waals surface area contributed by atoms with E-state index in [0.717, 1.165) is 5.56 Å². The number of aliphatic hydroxyl groups is 3. The fourth-order valence-corrected chi connectivity index (χ4v) is 4.09. The average molecular weight is 419 g/mol. The van der Waals surface area contributed by atoms with Crippen LogP contribution in [0, 0.1) is 10.1 Å². The van der Waals surface area contributed by atoms with Gasteiger partial charge in [0.25, 0.3) is 5.69 Å². The zero-order chi connectivity index (χ0) is 20.6. The van der Waals surface area contributed by atoms with E-state index in [1.165, 1.54) is 41.1 Å². The Morgan fingerprint density at radius 2 is 2.03 bits per heavy atom. The summed E-state index contributed by atoms with van der Waals surface area (Å²) in [5, 5.41) is 41.4. The van der Waals surface area contributed by atoms with Crippen LogP contribution in [0.3, 0.4) is 0 Å². The van der Waals surface area contributed by atoms with Crippen molar-refractivity contribution in [1.29, 1.82) is 0 Å². The number of hydrogen-bond acceptors (Lipinski definition) is 10. The summed E-state index contributed by atoms with van der Waals surface area (Å²) in [6.07, 6.45) is 0.224. The smallest absolute Gasteiger partial charge is 0.269 e. The Bertz CT molecular complexity index is 1040. The summed E-state index contributed by atoms with van der Waals surface area (Å²) in [7, 11) is 0. The molecule has 3 N–H and O–H groups in total. The molecule has 11 nitrogen and oxygen atoms in total. The van der Waals surface area contributed by atoms with Gasteiger partial charge >= 0.3 is 0 Å². The Morgan fingerprint density at radius 3 is 2.66 bits per heavy atom. The molecule has 0 unspecified atom stereocenters. The first-order valence-corrected chi connectivity index (χ1v) is 9.60. The van der Waals surface area contributed by atoms with Gasteiger partial charge in [0.2, 0.25) is 0 Å². The van der Waals surface area contributed by atoms with Gasteiger partial charge in [0, 0.05) is 17.9 Å². The van der Waals surface area contributed by atoms with Gasteiger partial charge in [-0.15, -0.1) is 0 Å². The van der Waals surface area contributed by atoms with Crippen LogP contribution < -0.4 is 0 Å². The zero-order valence-corrected chi connectivity index (χ0v) is 15.8. The number of nitro benzene ring substituents is 1. The Hall–Kier alpha value is -2.64. The number of aromatic nitrogens is 4. The van der Waals surface area contributed by atoms with Crippen LogP contribution in [0.4, 0.5) is 5.69 Å². The first-order chi connectivity index (χ1) is 14.0. The predicted octanol–water partition coefficient (Wildman–Crippen LogP) is 0.424. The highest BCUT2D eigenvalue weighted by Crippen LogP contribution is 2.35. The first kappa shape index (κ1) is 19.7. The minimum atomic E-state index is -1.58. The second-order valence-electron chi connectivity index (χ2n) is 6.50. The molecule has 29 heavy (non-hydrogen) atoms. The van der Waals surface area contributed by atoms with E-state index in [1.807, 2.05) is 0 Å². The molecule has 1 aliphatic heterocycles. The van der Waals surface area contributed by atoms with Gasteiger partial charge in [-0.2, -0.15) is 0 Å². The fraction of sp³-hybridized carbons (Fsp3) is 0.353. The second kappa shape index (κ2) is 7.65.